The van der Waals surface area contributed by atoms with Crippen LogP contribution in [0.4, 0.5) is 17.5 Å². The Balaban J connectivity index is 1.16. The number of benzene rings is 2. The van der Waals surface area contributed by atoms with Gasteiger partial charge in [-0.3, -0.25) is 0 Å². The Morgan fingerprint density at radius 3 is 2.45 bits per heavy atom. The number of nitrogens with one attached hydrogen (secondary N) is 1. The fourth-order valence-corrected chi connectivity index (χ4v) is 6.14. The molecule has 0 unspecified atom stereocenters. The van der Waals surface area contributed by atoms with Gasteiger partial charge < -0.3 is 24.9 Å². The third kappa shape index (κ3) is 4.18. The monoisotopic (exact) mass is 539 g/mol. The number of fused-ring (bicyclic) bond motifs is 2. The lowest BCUT2D eigenvalue weighted by molar-refractivity contribution is -0.196. The Bertz CT molecular complexity index is 1710. The number of rotatable bonds is 4. The highest BCUT2D eigenvalue weighted by atomic mass is 16.8. The lowest BCUT2D eigenvalue weighted by atomic mass is 9.90. The van der Waals surface area contributed by atoms with Gasteiger partial charge in [0.15, 0.2) is 17.0 Å². The maximum atomic E-state index is 6.38. The van der Waals surface area contributed by atoms with E-state index in [4.69, 9.17) is 24.7 Å². The number of nitrogens with two attached hydrogens (primary N) is 1. The van der Waals surface area contributed by atoms with Crippen molar-refractivity contribution in [2.24, 2.45) is 0 Å². The molecule has 1 saturated heterocycles. The summed E-state index contributed by atoms with van der Waals surface area (Å²) in [5, 5.41) is 9.10. The summed E-state index contributed by atoms with van der Waals surface area (Å²) in [5.74, 6) is -0.0625. The first kappa shape index (κ1) is 25.0. The predicted octanol–water partition coefficient (Wildman–Crippen LogP) is 6.21. The Morgan fingerprint density at radius 2 is 1.73 bits per heavy atom. The molecule has 5 aromatic rings. The van der Waals surface area contributed by atoms with Crippen LogP contribution in [0.15, 0.2) is 47.1 Å². The van der Waals surface area contributed by atoms with Crippen molar-refractivity contribution < 1.29 is 13.9 Å². The largest absolute Gasteiger partial charge is 0.423 e. The molecule has 10 nitrogen and oxygen atoms in total. The maximum absolute atomic E-state index is 6.38. The average Bonchev–Trinajstić information content (AvgIpc) is 3.59. The van der Waals surface area contributed by atoms with Crippen LogP contribution in [-0.4, -0.2) is 42.7 Å². The number of hydrogen-bond donors (Lipinski definition) is 2. The second kappa shape index (κ2) is 9.28. The Hall–Kier alpha value is -4.02. The summed E-state index contributed by atoms with van der Waals surface area (Å²) >= 11 is 0. The molecule has 2 aromatic carbocycles. The van der Waals surface area contributed by atoms with Crippen LogP contribution < -0.4 is 11.1 Å². The molecular formula is C30H33N7O3. The van der Waals surface area contributed by atoms with Crippen molar-refractivity contribution in [2.45, 2.75) is 77.4 Å². The molecule has 7 rings (SSSR count). The zero-order valence-electron chi connectivity index (χ0n) is 23.1. The van der Waals surface area contributed by atoms with Gasteiger partial charge >= 0.3 is 0 Å². The lowest BCUT2D eigenvalue weighted by Crippen LogP contribution is -2.36. The molecular weight excluding hydrogens is 506 g/mol. The van der Waals surface area contributed by atoms with E-state index >= 15 is 0 Å². The summed E-state index contributed by atoms with van der Waals surface area (Å²) in [6.07, 6.45) is 5.12. The highest BCUT2D eigenvalue weighted by Crippen LogP contribution is 2.45. The first-order valence-electron chi connectivity index (χ1n) is 13.9. The maximum Gasteiger partial charge on any atom is 0.300 e. The van der Waals surface area contributed by atoms with E-state index < -0.39 is 5.79 Å². The molecule has 1 spiro atoms. The van der Waals surface area contributed by atoms with Gasteiger partial charge in [0.1, 0.15) is 23.4 Å². The van der Waals surface area contributed by atoms with Crippen molar-refractivity contribution in [3.8, 4) is 11.3 Å². The zero-order valence-corrected chi connectivity index (χ0v) is 23.1. The van der Waals surface area contributed by atoms with Crippen molar-refractivity contribution in [2.75, 3.05) is 11.1 Å². The summed E-state index contributed by atoms with van der Waals surface area (Å²) in [6, 6.07) is 12.7. The molecule has 10 heteroatoms. The normalized spacial score (nSPS) is 21.1. The highest BCUT2D eigenvalue weighted by molar-refractivity contribution is 5.98. The second-order valence-electron chi connectivity index (χ2n) is 11.2. The predicted molar refractivity (Wildman–Crippen MR) is 153 cm³/mol. The smallest absolute Gasteiger partial charge is 0.300 e. The third-order valence-corrected chi connectivity index (χ3v) is 8.27. The quantitative estimate of drug-likeness (QED) is 0.274. The fourth-order valence-electron chi connectivity index (χ4n) is 6.14. The van der Waals surface area contributed by atoms with Crippen molar-refractivity contribution in [3.63, 3.8) is 0 Å². The molecule has 1 aliphatic heterocycles. The molecule has 3 N–H and O–H groups in total. The van der Waals surface area contributed by atoms with E-state index in [1.54, 1.807) is 0 Å². The summed E-state index contributed by atoms with van der Waals surface area (Å²) in [5.41, 5.74) is 13.5. The van der Waals surface area contributed by atoms with Crippen molar-refractivity contribution in [3.05, 3.63) is 53.9 Å². The number of nitrogens with zero attached hydrogens (tertiary/aromatic N) is 5. The fraction of sp³-hybridized carbons (Fsp3) is 0.400. The number of hydrogen-bond acceptors (Lipinski definition) is 9. The van der Waals surface area contributed by atoms with Crippen LogP contribution in [0.2, 0.25) is 0 Å². The van der Waals surface area contributed by atoms with Gasteiger partial charge in [0.25, 0.3) is 6.01 Å². The van der Waals surface area contributed by atoms with Crippen LogP contribution in [0.25, 0.3) is 33.4 Å². The summed E-state index contributed by atoms with van der Waals surface area (Å²) in [6.45, 7) is 8.24. The SMILES string of the molecule is Cc1cc(C)c2oc(Nc3ccc(-c4nn(C5CCC6(CC5)O[C@H](C)[C@@H](C)O6)c5ncnc(N)c45)cc3)nc2c1. The topological polar surface area (TPSA) is 126 Å². The number of nitrogen functional groups attached to an aromatic ring is 1. The van der Waals surface area contributed by atoms with Crippen LogP contribution >= 0.6 is 0 Å². The molecule has 206 valence electrons. The molecule has 2 aliphatic rings. The number of oxazole rings is 1. The molecule has 2 atom stereocenters. The minimum Gasteiger partial charge on any atom is -0.423 e. The van der Waals surface area contributed by atoms with Gasteiger partial charge in [0, 0.05) is 24.1 Å². The Labute approximate surface area is 231 Å². The summed E-state index contributed by atoms with van der Waals surface area (Å²) in [4.78, 5) is 13.5. The Morgan fingerprint density at radius 1 is 1.00 bits per heavy atom. The van der Waals surface area contributed by atoms with E-state index in [1.165, 1.54) is 6.33 Å². The number of aromatic nitrogens is 5. The zero-order chi connectivity index (χ0) is 27.6. The molecule has 0 bridgehead atoms. The van der Waals surface area contributed by atoms with E-state index in [2.05, 4.69) is 47.1 Å². The van der Waals surface area contributed by atoms with Gasteiger partial charge in [0.2, 0.25) is 0 Å². The first-order chi connectivity index (χ1) is 19.3. The number of anilines is 3. The van der Waals surface area contributed by atoms with Crippen LogP contribution in [0.3, 0.4) is 0 Å². The minimum atomic E-state index is -0.482. The molecule has 0 amide bonds. The van der Waals surface area contributed by atoms with Crippen molar-refractivity contribution in [1.82, 2.24) is 24.7 Å². The van der Waals surface area contributed by atoms with E-state index in [1.807, 2.05) is 41.9 Å². The van der Waals surface area contributed by atoms with Crippen LogP contribution in [0.1, 0.15) is 56.7 Å². The third-order valence-electron chi connectivity index (χ3n) is 8.27. The van der Waals surface area contributed by atoms with E-state index in [9.17, 15) is 0 Å². The molecule has 1 aliphatic carbocycles. The summed E-state index contributed by atoms with van der Waals surface area (Å²) < 4.78 is 20.5. The lowest BCUT2D eigenvalue weighted by Gasteiger charge is -2.36. The minimum absolute atomic E-state index is 0.106. The standard InChI is InChI=1S/C30H33N7O3/c1-16-13-17(2)26-23(14-16)35-29(38-26)34-21-7-5-20(6-8-21)25-24-27(31)32-15-33-28(24)37(36-25)22-9-11-30(12-10-22)39-18(3)19(4)40-30/h5-8,13-15,18-19,22H,9-12H2,1-4H3,(H,34,35)(H2,31,32,33)/t18-,19-/m1/s1. The number of aryl methyl sites for hydroxylation is 2. The molecule has 0 radical (unpaired) electrons. The molecule has 40 heavy (non-hydrogen) atoms. The number of ether oxygens (including phenoxy) is 2. The highest BCUT2D eigenvalue weighted by Gasteiger charge is 2.46. The molecule has 4 heterocycles. The van der Waals surface area contributed by atoms with Crippen LogP contribution in [0, 0.1) is 13.8 Å². The van der Waals surface area contributed by atoms with Gasteiger partial charge in [-0.1, -0.05) is 18.2 Å². The average molecular weight is 540 g/mol. The van der Waals surface area contributed by atoms with Crippen LogP contribution in [0.5, 0.6) is 0 Å². The van der Waals surface area contributed by atoms with Gasteiger partial charge in [-0.05, 0) is 69.9 Å². The molecule has 3 aromatic heterocycles. The van der Waals surface area contributed by atoms with Crippen molar-refractivity contribution in [1.29, 1.82) is 0 Å². The molecule has 1 saturated carbocycles. The second-order valence-corrected chi connectivity index (χ2v) is 11.2. The van der Waals surface area contributed by atoms with Crippen molar-refractivity contribution >= 4 is 39.7 Å². The van der Waals surface area contributed by atoms with E-state index in [0.717, 1.165) is 75.9 Å². The van der Waals surface area contributed by atoms with Gasteiger partial charge in [-0.15, -0.1) is 0 Å². The summed E-state index contributed by atoms with van der Waals surface area (Å²) in [7, 11) is 0. The van der Waals surface area contributed by atoms with Gasteiger partial charge in [0.05, 0.1) is 23.6 Å². The van der Waals surface area contributed by atoms with Gasteiger partial charge in [-0.2, -0.15) is 10.1 Å². The van der Waals surface area contributed by atoms with E-state index in [0.29, 0.717) is 11.8 Å². The first-order valence-corrected chi connectivity index (χ1v) is 13.9. The Kier molecular flexibility index (Phi) is 5.79. The van der Waals surface area contributed by atoms with Gasteiger partial charge in [-0.25, -0.2) is 14.6 Å². The molecule has 2 fully saturated rings. The van der Waals surface area contributed by atoms with Crippen LogP contribution in [-0.2, 0) is 9.47 Å². The van der Waals surface area contributed by atoms with E-state index in [-0.39, 0.29) is 18.2 Å².